The number of carbonyl (C=O) groups excluding carboxylic acids is 1. The van der Waals surface area contributed by atoms with Crippen LogP contribution < -0.4 is 5.32 Å². The molecule has 0 saturated carbocycles. The van der Waals surface area contributed by atoms with Crippen molar-refractivity contribution in [2.75, 3.05) is 6.26 Å². The van der Waals surface area contributed by atoms with E-state index >= 15 is 0 Å². The highest BCUT2D eigenvalue weighted by Crippen LogP contribution is 2.19. The van der Waals surface area contributed by atoms with Crippen LogP contribution in [0.3, 0.4) is 0 Å². The summed E-state index contributed by atoms with van der Waals surface area (Å²) in [5, 5.41) is 6.71. The van der Waals surface area contributed by atoms with Crippen molar-refractivity contribution >= 4 is 17.7 Å². The predicted molar refractivity (Wildman–Crippen MR) is 89.3 cm³/mol. The van der Waals surface area contributed by atoms with Gasteiger partial charge in [0.2, 0.25) is 11.7 Å². The third-order valence-corrected chi connectivity index (χ3v) is 3.84. The number of carbonyl (C=O) groups is 1. The average molecular weight is 344 g/mol. The lowest BCUT2D eigenvalue weighted by Crippen LogP contribution is -2.26. The summed E-state index contributed by atoms with van der Waals surface area (Å²) >= 11 is 1.63. The van der Waals surface area contributed by atoms with Crippen LogP contribution in [0.1, 0.15) is 35.2 Å². The molecule has 0 radical (unpaired) electrons. The predicted octanol–water partition coefficient (Wildman–Crippen LogP) is 3.08. The fourth-order valence-electron chi connectivity index (χ4n) is 2.08. The third-order valence-electron chi connectivity index (χ3n) is 3.27. The van der Waals surface area contributed by atoms with Crippen LogP contribution in [0.15, 0.2) is 45.6 Å². The van der Waals surface area contributed by atoms with Crippen LogP contribution >= 0.6 is 11.8 Å². The number of aromatic nitrogens is 3. The fourth-order valence-corrected chi connectivity index (χ4v) is 2.52. The number of nitrogens with one attached hydrogen (secondary N) is 1. The molecule has 7 nitrogen and oxygen atoms in total. The summed E-state index contributed by atoms with van der Waals surface area (Å²) in [6, 6.07) is 6.59. The molecule has 0 saturated heterocycles. The standard InChI is InChI=1S/C16H16N4O3S/c1-10(18-15(21)13-4-3-12(22-13)9-24-2)16-19-14(20-23-16)11-5-7-17-8-6-11/h3-8,10H,9H2,1-2H3,(H,18,21)/t10-/m0/s1. The van der Waals surface area contributed by atoms with Crippen LogP contribution in [0.25, 0.3) is 11.4 Å². The van der Waals surface area contributed by atoms with Crippen LogP contribution in [0, 0.1) is 0 Å². The number of furan rings is 1. The molecule has 0 aliphatic heterocycles. The minimum absolute atomic E-state index is 0.264. The van der Waals surface area contributed by atoms with E-state index in [1.54, 1.807) is 55.3 Å². The Morgan fingerprint density at radius 1 is 1.29 bits per heavy atom. The highest BCUT2D eigenvalue weighted by Gasteiger charge is 2.20. The van der Waals surface area contributed by atoms with Gasteiger partial charge in [-0.2, -0.15) is 16.7 Å². The van der Waals surface area contributed by atoms with Gasteiger partial charge < -0.3 is 14.3 Å². The Morgan fingerprint density at radius 3 is 2.83 bits per heavy atom. The zero-order valence-electron chi connectivity index (χ0n) is 13.2. The van der Waals surface area contributed by atoms with Crippen molar-refractivity contribution in [2.45, 2.75) is 18.7 Å². The SMILES string of the molecule is CSCc1ccc(C(=O)N[C@@H](C)c2nc(-c3ccncc3)no2)o1. The first-order valence-corrected chi connectivity index (χ1v) is 8.69. The molecule has 0 spiro atoms. The number of nitrogens with zero attached hydrogens (tertiary/aromatic N) is 3. The summed E-state index contributed by atoms with van der Waals surface area (Å²) in [4.78, 5) is 20.5. The van der Waals surface area contributed by atoms with E-state index in [0.717, 1.165) is 17.1 Å². The van der Waals surface area contributed by atoms with Gasteiger partial charge in [-0.15, -0.1) is 0 Å². The first-order chi connectivity index (χ1) is 11.7. The van der Waals surface area contributed by atoms with Gasteiger partial charge in [0, 0.05) is 18.0 Å². The van der Waals surface area contributed by atoms with E-state index in [0.29, 0.717) is 11.7 Å². The number of hydrogen-bond donors (Lipinski definition) is 1. The Morgan fingerprint density at radius 2 is 2.08 bits per heavy atom. The van der Waals surface area contributed by atoms with Crippen molar-refractivity contribution in [1.82, 2.24) is 20.4 Å². The van der Waals surface area contributed by atoms with Gasteiger partial charge in [-0.3, -0.25) is 9.78 Å². The lowest BCUT2D eigenvalue weighted by atomic mass is 10.2. The van der Waals surface area contributed by atoms with Gasteiger partial charge in [-0.05, 0) is 37.4 Å². The summed E-state index contributed by atoms with van der Waals surface area (Å²) in [5.41, 5.74) is 0.797. The molecule has 0 aliphatic rings. The van der Waals surface area contributed by atoms with Crippen molar-refractivity contribution in [3.8, 4) is 11.4 Å². The van der Waals surface area contributed by atoms with Crippen LogP contribution in [-0.2, 0) is 5.75 Å². The van der Waals surface area contributed by atoms with Gasteiger partial charge in [0.15, 0.2) is 5.76 Å². The number of amides is 1. The first kappa shape index (κ1) is 16.3. The highest BCUT2D eigenvalue weighted by atomic mass is 32.2. The Bertz CT molecular complexity index is 816. The van der Waals surface area contributed by atoms with E-state index in [2.05, 4.69) is 20.4 Å². The van der Waals surface area contributed by atoms with E-state index in [9.17, 15) is 4.79 Å². The highest BCUT2D eigenvalue weighted by molar-refractivity contribution is 7.97. The molecule has 3 heterocycles. The van der Waals surface area contributed by atoms with Gasteiger partial charge >= 0.3 is 0 Å². The number of thioether (sulfide) groups is 1. The quantitative estimate of drug-likeness (QED) is 0.734. The van der Waals surface area contributed by atoms with Gasteiger partial charge in [0.1, 0.15) is 11.8 Å². The van der Waals surface area contributed by atoms with Crippen molar-refractivity contribution < 1.29 is 13.7 Å². The molecule has 8 heteroatoms. The second-order valence-corrected chi connectivity index (χ2v) is 5.95. The maximum Gasteiger partial charge on any atom is 0.287 e. The van der Waals surface area contributed by atoms with E-state index in [1.165, 1.54) is 0 Å². The molecule has 0 bridgehead atoms. The molecule has 0 aromatic carbocycles. The molecule has 0 unspecified atom stereocenters. The zero-order valence-corrected chi connectivity index (χ0v) is 14.0. The maximum absolute atomic E-state index is 12.2. The topological polar surface area (TPSA) is 94.1 Å². The van der Waals surface area contributed by atoms with E-state index in [1.807, 2.05) is 6.26 Å². The van der Waals surface area contributed by atoms with Crippen LogP contribution in [0.5, 0.6) is 0 Å². The molecule has 3 aromatic rings. The zero-order chi connectivity index (χ0) is 16.9. The number of hydrogen-bond acceptors (Lipinski definition) is 7. The lowest BCUT2D eigenvalue weighted by molar-refractivity contribution is 0.0903. The van der Waals surface area contributed by atoms with Crippen molar-refractivity contribution in [3.05, 3.63) is 54.1 Å². The average Bonchev–Trinajstić information content (AvgIpc) is 3.25. The Kier molecular flexibility index (Phi) is 4.95. The van der Waals surface area contributed by atoms with E-state index < -0.39 is 6.04 Å². The molecule has 24 heavy (non-hydrogen) atoms. The molecule has 1 amide bonds. The molecular weight excluding hydrogens is 328 g/mol. The van der Waals surface area contributed by atoms with Crippen molar-refractivity contribution in [3.63, 3.8) is 0 Å². The molecule has 124 valence electrons. The van der Waals surface area contributed by atoms with Crippen LogP contribution in [0.2, 0.25) is 0 Å². The van der Waals surface area contributed by atoms with Crippen molar-refractivity contribution in [1.29, 1.82) is 0 Å². The van der Waals surface area contributed by atoms with E-state index in [-0.39, 0.29) is 11.7 Å². The van der Waals surface area contributed by atoms with Crippen LogP contribution in [-0.4, -0.2) is 27.3 Å². The summed E-state index contributed by atoms with van der Waals surface area (Å²) in [6.45, 7) is 1.77. The van der Waals surface area contributed by atoms with Crippen LogP contribution in [0.4, 0.5) is 0 Å². The van der Waals surface area contributed by atoms with Crippen molar-refractivity contribution in [2.24, 2.45) is 0 Å². The minimum Gasteiger partial charge on any atom is -0.455 e. The second-order valence-electron chi connectivity index (χ2n) is 5.09. The summed E-state index contributed by atoms with van der Waals surface area (Å²) in [7, 11) is 0. The molecule has 1 atom stereocenters. The molecular formula is C16H16N4O3S. The van der Waals surface area contributed by atoms with Gasteiger partial charge in [0.25, 0.3) is 5.91 Å². The Balaban J connectivity index is 1.67. The lowest BCUT2D eigenvalue weighted by Gasteiger charge is -2.07. The molecule has 1 N–H and O–H groups in total. The first-order valence-electron chi connectivity index (χ1n) is 7.30. The fraction of sp³-hybridized carbons (Fsp3) is 0.250. The van der Waals surface area contributed by atoms with Gasteiger partial charge in [-0.1, -0.05) is 5.16 Å². The Labute approximate surface area is 142 Å². The Hall–Kier alpha value is -2.61. The smallest absolute Gasteiger partial charge is 0.287 e. The number of pyridine rings is 1. The molecule has 3 rings (SSSR count). The largest absolute Gasteiger partial charge is 0.455 e. The third kappa shape index (κ3) is 3.65. The summed E-state index contributed by atoms with van der Waals surface area (Å²) in [5.74, 6) is 2.21. The van der Waals surface area contributed by atoms with Gasteiger partial charge in [-0.25, -0.2) is 0 Å². The minimum atomic E-state index is -0.435. The maximum atomic E-state index is 12.2. The summed E-state index contributed by atoms with van der Waals surface area (Å²) < 4.78 is 10.7. The second kappa shape index (κ2) is 7.31. The monoisotopic (exact) mass is 344 g/mol. The molecule has 0 fully saturated rings. The molecule has 0 aliphatic carbocycles. The van der Waals surface area contributed by atoms with Gasteiger partial charge in [0.05, 0.1) is 5.75 Å². The molecule has 3 aromatic heterocycles. The normalized spacial score (nSPS) is 12.1. The summed E-state index contributed by atoms with van der Waals surface area (Å²) in [6.07, 6.45) is 5.28. The van der Waals surface area contributed by atoms with E-state index in [4.69, 9.17) is 8.94 Å². The number of rotatable bonds is 6.